The molecule has 2 atom stereocenters. The summed E-state index contributed by atoms with van der Waals surface area (Å²) in [5.74, 6) is 0.295. The zero-order valence-electron chi connectivity index (χ0n) is 17.6. The number of benzene rings is 2. The van der Waals surface area contributed by atoms with Gasteiger partial charge in [0.05, 0.1) is 11.3 Å². The Morgan fingerprint density at radius 2 is 1.82 bits per heavy atom. The second-order valence-electron chi connectivity index (χ2n) is 8.47. The topological polar surface area (TPSA) is 87.1 Å². The molecule has 0 spiro atoms. The fourth-order valence-electron chi connectivity index (χ4n) is 5.01. The number of phenols is 1. The average molecular weight is 456 g/mol. The van der Waals surface area contributed by atoms with Crippen molar-refractivity contribution in [1.82, 2.24) is 9.78 Å². The monoisotopic (exact) mass is 455 g/mol. The number of carbonyl (C=O) groups is 1. The van der Waals surface area contributed by atoms with Crippen molar-refractivity contribution in [3.63, 3.8) is 0 Å². The number of nitrogens with one attached hydrogen (secondary N) is 2. The summed E-state index contributed by atoms with van der Waals surface area (Å²) in [6.45, 7) is 0. The summed E-state index contributed by atoms with van der Waals surface area (Å²) in [4.78, 5) is 28.3. The van der Waals surface area contributed by atoms with Crippen LogP contribution in [-0.2, 0) is 4.79 Å². The minimum atomic E-state index is -0.547. The second-order valence-corrected chi connectivity index (χ2v) is 9.44. The Morgan fingerprint density at radius 1 is 0.970 bits per heavy atom. The van der Waals surface area contributed by atoms with Crippen molar-refractivity contribution in [2.75, 3.05) is 5.32 Å². The maximum absolute atomic E-state index is 13.6. The minimum Gasteiger partial charge on any atom is -0.508 e. The van der Waals surface area contributed by atoms with E-state index >= 15 is 0 Å². The maximum Gasteiger partial charge on any atom is 0.277 e. The van der Waals surface area contributed by atoms with Gasteiger partial charge in [0.1, 0.15) is 11.6 Å². The number of aromatic amines is 1. The molecule has 0 bridgehead atoms. The number of para-hydroxylation sites is 1. The molecule has 0 fully saturated rings. The molecular weight excluding hydrogens is 434 g/mol. The number of H-pyrrole nitrogens is 1. The number of thiophene rings is 1. The molecule has 1 aliphatic carbocycles. The molecule has 1 aliphatic heterocycles. The lowest BCUT2D eigenvalue weighted by Crippen LogP contribution is -2.31. The van der Waals surface area contributed by atoms with E-state index in [4.69, 9.17) is 0 Å². The van der Waals surface area contributed by atoms with Crippen LogP contribution in [0.3, 0.4) is 0 Å². The molecule has 0 saturated carbocycles. The molecule has 0 amide bonds. The second kappa shape index (κ2) is 7.64. The molecule has 164 valence electrons. The Labute approximate surface area is 193 Å². The smallest absolute Gasteiger partial charge is 0.277 e. The van der Waals surface area contributed by atoms with Crippen LogP contribution in [0.15, 0.2) is 88.2 Å². The first kappa shape index (κ1) is 19.8. The standard InChI is InChI=1S/C26H21N3O3S/c30-18-9-4-6-15(12-18)22-23-19(13-16(14-20(23)31)21-10-5-11-33-21)27-25-24(22)26(32)29(28-25)17-7-2-1-3-8-17/h1-12,16,22,27-28,30H,13-14H2. The van der Waals surface area contributed by atoms with Gasteiger partial charge < -0.3 is 10.4 Å². The van der Waals surface area contributed by atoms with Gasteiger partial charge >= 0.3 is 0 Å². The first-order valence-corrected chi connectivity index (χ1v) is 11.7. The number of ketones is 1. The lowest BCUT2D eigenvalue weighted by molar-refractivity contribution is -0.116. The highest BCUT2D eigenvalue weighted by Crippen LogP contribution is 2.47. The molecule has 2 unspecified atom stereocenters. The predicted molar refractivity (Wildman–Crippen MR) is 128 cm³/mol. The zero-order chi connectivity index (χ0) is 22.5. The predicted octanol–water partition coefficient (Wildman–Crippen LogP) is 4.89. The fraction of sp³-hybridized carbons (Fsp3) is 0.154. The Balaban J connectivity index is 1.54. The summed E-state index contributed by atoms with van der Waals surface area (Å²) in [5.41, 5.74) is 3.19. The molecule has 33 heavy (non-hydrogen) atoms. The van der Waals surface area contributed by atoms with Gasteiger partial charge in [-0.15, -0.1) is 11.3 Å². The first-order valence-electron chi connectivity index (χ1n) is 10.9. The number of carbonyl (C=O) groups excluding carboxylic acids is 1. The number of aromatic nitrogens is 2. The van der Waals surface area contributed by atoms with Crippen LogP contribution in [0.4, 0.5) is 5.82 Å². The summed E-state index contributed by atoms with van der Waals surface area (Å²) in [7, 11) is 0. The van der Waals surface area contributed by atoms with Crippen LogP contribution in [0, 0.1) is 0 Å². The van der Waals surface area contributed by atoms with Crippen molar-refractivity contribution in [3.05, 3.63) is 110 Å². The van der Waals surface area contributed by atoms with E-state index in [1.165, 1.54) is 9.56 Å². The molecule has 0 saturated heterocycles. The lowest BCUT2D eigenvalue weighted by Gasteiger charge is -2.34. The molecule has 4 aromatic rings. The van der Waals surface area contributed by atoms with Gasteiger partial charge in [-0.3, -0.25) is 14.7 Å². The molecule has 0 radical (unpaired) electrons. The van der Waals surface area contributed by atoms with Crippen molar-refractivity contribution in [2.45, 2.75) is 24.7 Å². The molecule has 2 aromatic carbocycles. The molecule has 6 rings (SSSR count). The van der Waals surface area contributed by atoms with Crippen molar-refractivity contribution < 1.29 is 9.90 Å². The number of rotatable bonds is 3. The Hall–Kier alpha value is -3.84. The third-order valence-corrected chi connectivity index (χ3v) is 7.49. The van der Waals surface area contributed by atoms with Crippen LogP contribution in [0.5, 0.6) is 5.75 Å². The first-order chi connectivity index (χ1) is 16.1. The molecule has 2 aliphatic rings. The number of aromatic hydroxyl groups is 1. The van der Waals surface area contributed by atoms with Gasteiger partial charge in [-0.25, -0.2) is 4.68 Å². The quantitative estimate of drug-likeness (QED) is 0.410. The Bertz CT molecular complexity index is 1450. The largest absolute Gasteiger partial charge is 0.508 e. The SMILES string of the molecule is O=C1CC(c2cccs2)CC2=C1C(c1cccc(O)c1)c1c([nH]n(-c3ccccc3)c1=O)N2. The van der Waals surface area contributed by atoms with E-state index in [0.29, 0.717) is 35.5 Å². The van der Waals surface area contributed by atoms with E-state index in [1.54, 1.807) is 29.5 Å². The molecule has 3 heterocycles. The van der Waals surface area contributed by atoms with Gasteiger partial charge in [-0.05, 0) is 47.7 Å². The van der Waals surface area contributed by atoms with Crippen LogP contribution in [0.25, 0.3) is 5.69 Å². The summed E-state index contributed by atoms with van der Waals surface area (Å²) in [6.07, 6.45) is 1.10. The van der Waals surface area contributed by atoms with Gasteiger partial charge in [0.25, 0.3) is 5.56 Å². The zero-order valence-corrected chi connectivity index (χ0v) is 18.4. The summed E-state index contributed by atoms with van der Waals surface area (Å²) in [6, 6.07) is 20.3. The van der Waals surface area contributed by atoms with Crippen molar-refractivity contribution in [3.8, 4) is 11.4 Å². The number of Topliss-reactive ketones (excluding diaryl/α,β-unsaturated/α-hetero) is 1. The third-order valence-electron chi connectivity index (χ3n) is 6.45. The number of nitrogens with zero attached hydrogens (tertiary/aromatic N) is 1. The van der Waals surface area contributed by atoms with E-state index in [1.807, 2.05) is 47.8 Å². The highest BCUT2D eigenvalue weighted by molar-refractivity contribution is 7.10. The molecule has 6 nitrogen and oxygen atoms in total. The molecule has 7 heteroatoms. The van der Waals surface area contributed by atoms with Gasteiger partial charge in [0.2, 0.25) is 0 Å². The van der Waals surface area contributed by atoms with E-state index in [2.05, 4.69) is 16.5 Å². The van der Waals surface area contributed by atoms with Crippen LogP contribution in [0.1, 0.15) is 40.7 Å². The van der Waals surface area contributed by atoms with E-state index in [0.717, 1.165) is 11.3 Å². The number of allylic oxidation sites excluding steroid dienone is 2. The Kier molecular flexibility index (Phi) is 4.58. The minimum absolute atomic E-state index is 0.0352. The van der Waals surface area contributed by atoms with E-state index < -0.39 is 5.92 Å². The summed E-state index contributed by atoms with van der Waals surface area (Å²) >= 11 is 1.66. The van der Waals surface area contributed by atoms with Crippen molar-refractivity contribution in [1.29, 1.82) is 0 Å². The van der Waals surface area contributed by atoms with Crippen LogP contribution in [-0.4, -0.2) is 20.7 Å². The third kappa shape index (κ3) is 3.24. The average Bonchev–Trinajstić information content (AvgIpc) is 3.47. The van der Waals surface area contributed by atoms with Gasteiger partial charge in [-0.1, -0.05) is 36.4 Å². The fourth-order valence-corrected chi connectivity index (χ4v) is 5.84. The summed E-state index contributed by atoms with van der Waals surface area (Å²) in [5, 5.41) is 18.8. The Morgan fingerprint density at radius 3 is 2.58 bits per heavy atom. The van der Waals surface area contributed by atoms with Crippen LogP contribution in [0.2, 0.25) is 0 Å². The highest BCUT2D eigenvalue weighted by atomic mass is 32.1. The van der Waals surface area contributed by atoms with E-state index in [-0.39, 0.29) is 23.0 Å². The normalized spacial score (nSPS) is 19.7. The van der Waals surface area contributed by atoms with Crippen molar-refractivity contribution in [2.24, 2.45) is 0 Å². The number of fused-ring (bicyclic) bond motifs is 1. The maximum atomic E-state index is 13.6. The van der Waals surface area contributed by atoms with Crippen LogP contribution < -0.4 is 10.9 Å². The van der Waals surface area contributed by atoms with Crippen molar-refractivity contribution >= 4 is 22.9 Å². The molecule has 2 aromatic heterocycles. The number of hydrogen-bond donors (Lipinski definition) is 3. The van der Waals surface area contributed by atoms with Gasteiger partial charge in [0.15, 0.2) is 5.78 Å². The summed E-state index contributed by atoms with van der Waals surface area (Å²) < 4.78 is 1.51. The van der Waals surface area contributed by atoms with Gasteiger partial charge in [0, 0.05) is 34.4 Å². The number of phenolic OH excluding ortho intramolecular Hbond substituents is 1. The highest BCUT2D eigenvalue weighted by Gasteiger charge is 2.41. The van der Waals surface area contributed by atoms with Crippen LogP contribution >= 0.6 is 11.3 Å². The lowest BCUT2D eigenvalue weighted by atomic mass is 9.74. The number of anilines is 1. The molecule has 3 N–H and O–H groups in total. The molecular formula is C26H21N3O3S. The van der Waals surface area contributed by atoms with E-state index in [9.17, 15) is 14.7 Å². The number of hydrogen-bond acceptors (Lipinski definition) is 5. The van der Waals surface area contributed by atoms with Gasteiger partial charge in [-0.2, -0.15) is 0 Å².